The van der Waals surface area contributed by atoms with E-state index in [9.17, 15) is 19.2 Å². The minimum Gasteiger partial charge on any atom is -0.478 e. The van der Waals surface area contributed by atoms with Crippen LogP contribution in [0.5, 0.6) is 0 Å². The molecule has 0 saturated heterocycles. The minimum absolute atomic E-state index is 0.483. The van der Waals surface area contributed by atoms with Crippen LogP contribution in [0.1, 0.15) is 13.3 Å². The lowest BCUT2D eigenvalue weighted by molar-refractivity contribution is -0.153. The molecule has 104 valence electrons. The average molecular weight is 270 g/mol. The number of hydrogen-bond acceptors (Lipinski definition) is 5. The molecule has 0 spiro atoms. The highest BCUT2D eigenvalue weighted by molar-refractivity contribution is 6.00. The van der Waals surface area contributed by atoms with Crippen molar-refractivity contribution >= 4 is 23.9 Å². The number of allylic oxidation sites excluding steroid dienone is 1. The van der Waals surface area contributed by atoms with Crippen LogP contribution in [0.3, 0.4) is 0 Å². The van der Waals surface area contributed by atoms with E-state index < -0.39 is 23.9 Å². The van der Waals surface area contributed by atoms with Crippen molar-refractivity contribution in [3.63, 3.8) is 0 Å². The number of esters is 2. The Morgan fingerprint density at radius 1 is 0.947 bits per heavy atom. The number of carbonyl (C=O) groups is 4. The van der Waals surface area contributed by atoms with E-state index in [1.54, 1.807) is 0 Å². The van der Waals surface area contributed by atoms with Crippen LogP contribution < -0.4 is 0 Å². The van der Waals surface area contributed by atoms with Crippen molar-refractivity contribution in [2.75, 3.05) is 0 Å². The number of carboxylic acids is 2. The minimum atomic E-state index is -1.37. The summed E-state index contributed by atoms with van der Waals surface area (Å²) in [5, 5.41) is 16.2. The molecule has 0 aliphatic heterocycles. The van der Waals surface area contributed by atoms with E-state index in [2.05, 4.69) is 18.2 Å². The van der Waals surface area contributed by atoms with E-state index in [1.165, 1.54) is 0 Å². The zero-order valence-electron chi connectivity index (χ0n) is 10.2. The molecule has 19 heavy (non-hydrogen) atoms. The SMILES string of the molecule is C=CCC.O=C(O)/C=C\C(=O)OC(=O)/C=C\C(=O)O. The molecule has 7 nitrogen and oxygen atoms in total. The van der Waals surface area contributed by atoms with Crippen molar-refractivity contribution in [2.24, 2.45) is 0 Å². The highest BCUT2D eigenvalue weighted by atomic mass is 16.6. The Morgan fingerprint density at radius 3 is 1.47 bits per heavy atom. The smallest absolute Gasteiger partial charge is 0.338 e. The largest absolute Gasteiger partial charge is 0.478 e. The van der Waals surface area contributed by atoms with Crippen molar-refractivity contribution in [3.8, 4) is 0 Å². The maximum Gasteiger partial charge on any atom is 0.338 e. The van der Waals surface area contributed by atoms with Gasteiger partial charge in [0.1, 0.15) is 0 Å². The van der Waals surface area contributed by atoms with Gasteiger partial charge in [-0.1, -0.05) is 13.0 Å². The molecule has 0 heterocycles. The third-order valence-electron chi connectivity index (χ3n) is 1.21. The monoisotopic (exact) mass is 270 g/mol. The summed E-state index contributed by atoms with van der Waals surface area (Å²) in [7, 11) is 0. The fourth-order valence-corrected chi connectivity index (χ4v) is 0.446. The Kier molecular flexibility index (Phi) is 11.6. The molecule has 0 aromatic rings. The fraction of sp³-hybridized carbons (Fsp3) is 0.167. The van der Waals surface area contributed by atoms with Gasteiger partial charge in [-0.25, -0.2) is 19.2 Å². The zero-order chi connectivity index (χ0) is 15.3. The molecule has 0 fully saturated rings. The lowest BCUT2D eigenvalue weighted by Gasteiger charge is -1.92. The Balaban J connectivity index is 0. The molecule has 0 aliphatic rings. The van der Waals surface area contributed by atoms with E-state index in [0.717, 1.165) is 6.42 Å². The predicted molar refractivity (Wildman–Crippen MR) is 65.1 cm³/mol. The number of aliphatic carboxylic acids is 2. The molecule has 0 aromatic carbocycles. The Bertz CT molecular complexity index is 370. The average Bonchev–Trinajstić information content (AvgIpc) is 2.34. The number of hydrogen-bond donors (Lipinski definition) is 2. The maximum absolute atomic E-state index is 10.6. The van der Waals surface area contributed by atoms with Gasteiger partial charge in [-0.2, -0.15) is 0 Å². The lowest BCUT2D eigenvalue weighted by Crippen LogP contribution is -2.08. The first-order valence-corrected chi connectivity index (χ1v) is 5.02. The van der Waals surface area contributed by atoms with Gasteiger partial charge in [0.25, 0.3) is 0 Å². The summed E-state index contributed by atoms with van der Waals surface area (Å²) >= 11 is 0. The standard InChI is InChI=1S/C8H6O7.C4H8/c9-5(10)1-3-7(13)15-8(14)4-2-6(11)12;1-3-4-2/h1-4H,(H,9,10)(H,11,12);3H,1,4H2,2H3/b3-1-,4-2-;. The number of rotatable bonds is 5. The van der Waals surface area contributed by atoms with Crippen molar-refractivity contribution in [1.82, 2.24) is 0 Å². The second-order valence-electron chi connectivity index (χ2n) is 2.78. The van der Waals surface area contributed by atoms with Gasteiger partial charge in [0.2, 0.25) is 0 Å². The van der Waals surface area contributed by atoms with Crippen LogP contribution in [0.25, 0.3) is 0 Å². The number of ether oxygens (including phenoxy) is 1. The zero-order valence-corrected chi connectivity index (χ0v) is 10.2. The molecule has 7 heteroatoms. The van der Waals surface area contributed by atoms with Gasteiger partial charge < -0.3 is 14.9 Å². The topological polar surface area (TPSA) is 118 Å². The van der Waals surface area contributed by atoms with Crippen LogP contribution in [-0.4, -0.2) is 34.1 Å². The van der Waals surface area contributed by atoms with Crippen LogP contribution in [0, 0.1) is 0 Å². The predicted octanol–water partition coefficient (Wildman–Crippen LogP) is 0.920. The summed E-state index contributed by atoms with van der Waals surface area (Å²) in [5.41, 5.74) is 0. The Hall–Kier alpha value is -2.70. The second kappa shape index (κ2) is 11.8. The van der Waals surface area contributed by atoms with Crippen molar-refractivity contribution in [3.05, 3.63) is 37.0 Å². The molecule has 0 atom stereocenters. The Morgan fingerprint density at radius 2 is 1.26 bits per heavy atom. The van der Waals surface area contributed by atoms with Gasteiger partial charge in [0, 0.05) is 24.3 Å². The first-order valence-electron chi connectivity index (χ1n) is 5.02. The molecule has 0 amide bonds. The number of carboxylic acid groups (broad SMARTS) is 2. The normalized spacial score (nSPS) is 9.53. The van der Waals surface area contributed by atoms with Crippen LogP contribution >= 0.6 is 0 Å². The first kappa shape index (κ1) is 18.7. The van der Waals surface area contributed by atoms with Gasteiger partial charge in [-0.3, -0.25) is 0 Å². The quantitative estimate of drug-likeness (QED) is 0.330. The van der Waals surface area contributed by atoms with E-state index in [1.807, 2.05) is 6.08 Å². The van der Waals surface area contributed by atoms with E-state index in [-0.39, 0.29) is 0 Å². The maximum atomic E-state index is 10.6. The molecule has 0 bridgehead atoms. The van der Waals surface area contributed by atoms with Crippen LogP contribution in [0.15, 0.2) is 37.0 Å². The van der Waals surface area contributed by atoms with Gasteiger partial charge in [-0.15, -0.1) is 6.58 Å². The van der Waals surface area contributed by atoms with Crippen molar-refractivity contribution < 1.29 is 34.1 Å². The third-order valence-corrected chi connectivity index (χ3v) is 1.21. The van der Waals surface area contributed by atoms with Gasteiger partial charge >= 0.3 is 23.9 Å². The third kappa shape index (κ3) is 17.9. The summed E-state index contributed by atoms with van der Waals surface area (Å²) in [6.07, 6.45) is 4.97. The van der Waals surface area contributed by atoms with E-state index >= 15 is 0 Å². The van der Waals surface area contributed by atoms with Gasteiger partial charge in [0.05, 0.1) is 0 Å². The van der Waals surface area contributed by atoms with Crippen molar-refractivity contribution in [1.29, 1.82) is 0 Å². The first-order chi connectivity index (χ1) is 8.83. The summed E-state index contributed by atoms with van der Waals surface area (Å²) in [4.78, 5) is 41.1. The summed E-state index contributed by atoms with van der Waals surface area (Å²) in [6, 6.07) is 0. The highest BCUT2D eigenvalue weighted by Gasteiger charge is 2.04. The molecule has 0 saturated carbocycles. The van der Waals surface area contributed by atoms with E-state index in [4.69, 9.17) is 10.2 Å². The second-order valence-corrected chi connectivity index (χ2v) is 2.78. The van der Waals surface area contributed by atoms with Crippen LogP contribution in [-0.2, 0) is 23.9 Å². The molecular weight excluding hydrogens is 256 g/mol. The summed E-state index contributed by atoms with van der Waals surface area (Å²) < 4.78 is 3.97. The highest BCUT2D eigenvalue weighted by Crippen LogP contribution is 1.86. The molecule has 2 N–H and O–H groups in total. The molecule has 0 rings (SSSR count). The van der Waals surface area contributed by atoms with Crippen LogP contribution in [0.4, 0.5) is 0 Å². The van der Waals surface area contributed by atoms with Crippen molar-refractivity contribution in [2.45, 2.75) is 13.3 Å². The van der Waals surface area contributed by atoms with Gasteiger partial charge in [0.15, 0.2) is 0 Å². The van der Waals surface area contributed by atoms with Crippen LogP contribution in [0.2, 0.25) is 0 Å². The number of carbonyl (C=O) groups excluding carboxylic acids is 2. The summed E-state index contributed by atoms with van der Waals surface area (Å²) in [5.74, 6) is -5.14. The molecule has 0 aliphatic carbocycles. The summed E-state index contributed by atoms with van der Waals surface area (Å²) in [6.45, 7) is 5.54. The lowest BCUT2D eigenvalue weighted by atomic mass is 10.5. The molecule has 0 unspecified atom stereocenters. The Labute approximate surface area is 109 Å². The molecule has 0 aromatic heterocycles. The van der Waals surface area contributed by atoms with E-state index in [0.29, 0.717) is 24.3 Å². The fourth-order valence-electron chi connectivity index (χ4n) is 0.446. The molecule has 0 radical (unpaired) electrons. The van der Waals surface area contributed by atoms with Gasteiger partial charge in [-0.05, 0) is 6.42 Å². The molecular formula is C12H14O7.